The first kappa shape index (κ1) is 13.3. The van der Waals surface area contributed by atoms with Gasteiger partial charge < -0.3 is 26.6 Å². The summed E-state index contributed by atoms with van der Waals surface area (Å²) in [5, 5.41) is 0.464. The third kappa shape index (κ3) is 4.02. The summed E-state index contributed by atoms with van der Waals surface area (Å²) >= 11 is 5.00. The molecule has 0 fully saturated rings. The second kappa shape index (κ2) is 5.93. The number of hydrogen-bond acceptors (Lipinski definition) is 2. The highest BCUT2D eigenvalue weighted by Gasteiger charge is 2.04. The van der Waals surface area contributed by atoms with Crippen LogP contribution in [-0.2, 0) is 7.05 Å². The highest BCUT2D eigenvalue weighted by Crippen LogP contribution is 2.06. The standard InChI is InChI=1S/C9H13N2OS.BrH/c1-10(2)9(13)12-8-5-4-6-11(3)7-8;/h4-7H,1-3H3;1H/q+1;/p-1. The van der Waals surface area contributed by atoms with Gasteiger partial charge in [0.1, 0.15) is 7.05 Å². The Kier molecular flexibility index (Phi) is 5.64. The van der Waals surface area contributed by atoms with Crippen LogP contribution in [0.1, 0.15) is 0 Å². The highest BCUT2D eigenvalue weighted by atomic mass is 79.9. The Balaban J connectivity index is 0.00000169. The van der Waals surface area contributed by atoms with Gasteiger partial charge in [-0.05, 0) is 18.3 Å². The minimum absolute atomic E-state index is 0. The van der Waals surface area contributed by atoms with Crippen LogP contribution >= 0.6 is 12.2 Å². The molecule has 0 aromatic carbocycles. The van der Waals surface area contributed by atoms with Crippen molar-refractivity contribution in [1.82, 2.24) is 4.90 Å². The summed E-state index contributed by atoms with van der Waals surface area (Å²) in [6.07, 6.45) is 3.81. The predicted molar refractivity (Wildman–Crippen MR) is 54.5 cm³/mol. The van der Waals surface area contributed by atoms with E-state index in [1.54, 1.807) is 4.90 Å². The van der Waals surface area contributed by atoms with Crippen LogP contribution in [-0.4, -0.2) is 24.2 Å². The molecule has 0 aliphatic heterocycles. The molecule has 0 unspecified atom stereocenters. The van der Waals surface area contributed by atoms with Crippen molar-refractivity contribution >= 4 is 17.4 Å². The summed E-state index contributed by atoms with van der Waals surface area (Å²) in [7, 11) is 5.64. The maximum atomic E-state index is 5.39. The van der Waals surface area contributed by atoms with Gasteiger partial charge >= 0.3 is 0 Å². The Labute approximate surface area is 100 Å². The van der Waals surface area contributed by atoms with E-state index in [9.17, 15) is 0 Å². The molecule has 0 saturated heterocycles. The average Bonchev–Trinajstić information content (AvgIpc) is 2.04. The molecule has 0 aliphatic rings. The molecule has 1 aromatic heterocycles. The largest absolute Gasteiger partial charge is 1.00 e. The quantitative estimate of drug-likeness (QED) is 0.426. The van der Waals surface area contributed by atoms with Crippen molar-refractivity contribution in [2.75, 3.05) is 14.1 Å². The molecule has 1 rings (SSSR count). The lowest BCUT2D eigenvalue weighted by Crippen LogP contribution is -3.00. The monoisotopic (exact) mass is 276 g/mol. The van der Waals surface area contributed by atoms with Crippen LogP contribution in [0.4, 0.5) is 0 Å². The lowest BCUT2D eigenvalue weighted by Gasteiger charge is -2.12. The number of aromatic nitrogens is 1. The van der Waals surface area contributed by atoms with E-state index in [2.05, 4.69) is 0 Å². The van der Waals surface area contributed by atoms with Gasteiger partial charge in [0.25, 0.3) is 5.17 Å². The Hall–Kier alpha value is -0.680. The van der Waals surface area contributed by atoms with Gasteiger partial charge in [-0.3, -0.25) is 0 Å². The number of nitrogens with zero attached hydrogens (tertiary/aromatic N) is 2. The smallest absolute Gasteiger partial charge is 0.264 e. The Morgan fingerprint density at radius 3 is 2.64 bits per heavy atom. The van der Waals surface area contributed by atoms with Gasteiger partial charge in [-0.1, -0.05) is 0 Å². The normalized spacial score (nSPS) is 8.79. The number of aryl methyl sites for hydroxylation is 1. The van der Waals surface area contributed by atoms with Crippen LogP contribution in [0.2, 0.25) is 0 Å². The van der Waals surface area contributed by atoms with E-state index in [0.29, 0.717) is 5.17 Å². The number of halogens is 1. The van der Waals surface area contributed by atoms with Crippen LogP contribution in [0, 0.1) is 0 Å². The third-order valence-corrected chi connectivity index (χ3v) is 1.93. The molecule has 0 saturated carbocycles. The van der Waals surface area contributed by atoms with Crippen LogP contribution < -0.4 is 26.3 Å². The van der Waals surface area contributed by atoms with Crippen molar-refractivity contribution in [2.24, 2.45) is 7.05 Å². The molecule has 14 heavy (non-hydrogen) atoms. The third-order valence-electron chi connectivity index (χ3n) is 1.48. The fourth-order valence-electron chi connectivity index (χ4n) is 0.813. The second-order valence-corrected chi connectivity index (χ2v) is 3.32. The summed E-state index contributed by atoms with van der Waals surface area (Å²) in [4.78, 5) is 1.75. The zero-order valence-electron chi connectivity index (χ0n) is 8.40. The van der Waals surface area contributed by atoms with E-state index >= 15 is 0 Å². The van der Waals surface area contributed by atoms with Gasteiger partial charge in [0, 0.05) is 20.2 Å². The fraction of sp³-hybridized carbons (Fsp3) is 0.333. The summed E-state index contributed by atoms with van der Waals surface area (Å²) in [5.74, 6) is 0.753. The van der Waals surface area contributed by atoms with Crippen LogP contribution in [0.25, 0.3) is 0 Å². The first-order valence-electron chi connectivity index (χ1n) is 3.94. The van der Waals surface area contributed by atoms with E-state index in [4.69, 9.17) is 17.0 Å². The summed E-state index contributed by atoms with van der Waals surface area (Å²) in [5.41, 5.74) is 0. The van der Waals surface area contributed by atoms with Crippen LogP contribution in [0.3, 0.4) is 0 Å². The molecular weight excluding hydrogens is 264 g/mol. The number of pyridine rings is 1. The topological polar surface area (TPSA) is 16.4 Å². The first-order chi connectivity index (χ1) is 6.09. The van der Waals surface area contributed by atoms with Gasteiger partial charge in [0.2, 0.25) is 6.20 Å². The SMILES string of the molecule is CN(C)C(=S)Oc1ccc[n+](C)c1.[Br-]. The molecule has 0 spiro atoms. The Morgan fingerprint density at radius 1 is 1.50 bits per heavy atom. The number of hydrogen-bond donors (Lipinski definition) is 0. The molecule has 0 aliphatic carbocycles. The highest BCUT2D eigenvalue weighted by molar-refractivity contribution is 7.80. The van der Waals surface area contributed by atoms with Crippen molar-refractivity contribution in [3.8, 4) is 5.75 Å². The predicted octanol–water partition coefficient (Wildman–Crippen LogP) is -2.26. The van der Waals surface area contributed by atoms with Gasteiger partial charge in [0.05, 0.1) is 0 Å². The molecule has 0 atom stereocenters. The van der Waals surface area contributed by atoms with E-state index in [1.165, 1.54) is 0 Å². The Morgan fingerprint density at radius 2 is 2.14 bits per heavy atom. The second-order valence-electron chi connectivity index (χ2n) is 2.97. The van der Waals surface area contributed by atoms with Crippen molar-refractivity contribution in [2.45, 2.75) is 0 Å². The Bertz CT molecular complexity index is 317. The minimum atomic E-state index is 0. The number of rotatable bonds is 1. The van der Waals surface area contributed by atoms with E-state index < -0.39 is 0 Å². The molecular formula is C9H13BrN2OS. The summed E-state index contributed by atoms with van der Waals surface area (Å²) in [6, 6.07) is 3.78. The fourth-order valence-corrected chi connectivity index (χ4v) is 0.909. The van der Waals surface area contributed by atoms with Crippen molar-refractivity contribution in [1.29, 1.82) is 0 Å². The van der Waals surface area contributed by atoms with Gasteiger partial charge in [-0.2, -0.15) is 0 Å². The molecule has 1 aromatic rings. The van der Waals surface area contributed by atoms with Crippen molar-refractivity contribution in [3.63, 3.8) is 0 Å². The molecule has 1 heterocycles. The van der Waals surface area contributed by atoms with Crippen LogP contribution in [0.5, 0.6) is 5.75 Å². The number of ether oxygens (including phenoxy) is 1. The molecule has 0 bridgehead atoms. The molecule has 0 amide bonds. The van der Waals surface area contributed by atoms with E-state index in [-0.39, 0.29) is 17.0 Å². The summed E-state index contributed by atoms with van der Waals surface area (Å²) in [6.45, 7) is 0. The lowest BCUT2D eigenvalue weighted by atomic mass is 10.4. The maximum Gasteiger partial charge on any atom is 0.264 e. The molecule has 0 radical (unpaired) electrons. The average molecular weight is 277 g/mol. The van der Waals surface area contributed by atoms with Crippen molar-refractivity contribution in [3.05, 3.63) is 24.5 Å². The van der Waals surface area contributed by atoms with Gasteiger partial charge in [0.15, 0.2) is 11.9 Å². The lowest BCUT2D eigenvalue weighted by molar-refractivity contribution is -0.671. The van der Waals surface area contributed by atoms with E-state index in [1.807, 2.05) is 50.2 Å². The molecule has 3 nitrogen and oxygen atoms in total. The zero-order valence-corrected chi connectivity index (χ0v) is 10.8. The van der Waals surface area contributed by atoms with E-state index in [0.717, 1.165) is 5.75 Å². The summed E-state index contributed by atoms with van der Waals surface area (Å²) < 4.78 is 7.30. The molecule has 0 N–H and O–H groups in total. The number of thiocarbonyl (C=S) groups is 1. The van der Waals surface area contributed by atoms with Crippen molar-refractivity contribution < 1.29 is 26.3 Å². The maximum absolute atomic E-state index is 5.39. The minimum Gasteiger partial charge on any atom is -1.00 e. The van der Waals surface area contributed by atoms with Gasteiger partial charge in [-0.15, -0.1) is 0 Å². The molecule has 78 valence electrons. The first-order valence-corrected chi connectivity index (χ1v) is 4.35. The van der Waals surface area contributed by atoms with Crippen LogP contribution in [0.15, 0.2) is 24.5 Å². The molecule has 5 heteroatoms. The van der Waals surface area contributed by atoms with Gasteiger partial charge in [-0.25, -0.2) is 4.57 Å². The zero-order chi connectivity index (χ0) is 9.84.